The number of carbonyl (C=O) groups is 2. The summed E-state index contributed by atoms with van der Waals surface area (Å²) in [5.41, 5.74) is 2.17. The smallest absolute Gasteiger partial charge is 0.407 e. The number of nitrogens with zero attached hydrogens (tertiary/aromatic N) is 2. The summed E-state index contributed by atoms with van der Waals surface area (Å²) in [7, 11) is 0. The maximum absolute atomic E-state index is 13.4. The van der Waals surface area contributed by atoms with Crippen LogP contribution in [0, 0.1) is 0 Å². The van der Waals surface area contributed by atoms with Gasteiger partial charge in [0.15, 0.2) is 5.58 Å². The standard InChI is InChI=1S/C25H26ClF2N3O4/c1-24(2,3)35-23(33)30-13-17-14-34-21-18(17)10-16(11-19(21)26)20-5-4-15(12-29-20)22(32)31-8-6-25(27,28)7-9-31/h4-5,10-12,14H,6-9,13H2,1-3H3,(H,30,33). The molecule has 0 aliphatic carbocycles. The summed E-state index contributed by atoms with van der Waals surface area (Å²) in [5, 5.41) is 3.78. The highest BCUT2D eigenvalue weighted by Crippen LogP contribution is 2.34. The number of likely N-dealkylation sites (tertiary alicyclic amines) is 1. The monoisotopic (exact) mass is 505 g/mol. The molecule has 3 heterocycles. The van der Waals surface area contributed by atoms with Crippen molar-refractivity contribution in [3.63, 3.8) is 0 Å². The van der Waals surface area contributed by atoms with Crippen molar-refractivity contribution in [2.45, 2.75) is 51.7 Å². The fourth-order valence-electron chi connectivity index (χ4n) is 3.82. The highest BCUT2D eigenvalue weighted by atomic mass is 35.5. The van der Waals surface area contributed by atoms with E-state index in [1.165, 1.54) is 17.4 Å². The van der Waals surface area contributed by atoms with Crippen molar-refractivity contribution in [3.8, 4) is 11.3 Å². The molecular formula is C25H26ClF2N3O4. The lowest BCUT2D eigenvalue weighted by atomic mass is 10.0. The molecular weight excluding hydrogens is 480 g/mol. The number of piperidine rings is 1. The molecule has 1 saturated heterocycles. The molecule has 2 aromatic heterocycles. The van der Waals surface area contributed by atoms with Gasteiger partial charge >= 0.3 is 6.09 Å². The molecule has 0 unspecified atom stereocenters. The van der Waals surface area contributed by atoms with Crippen molar-refractivity contribution in [2.75, 3.05) is 13.1 Å². The quantitative estimate of drug-likeness (QED) is 0.467. The summed E-state index contributed by atoms with van der Waals surface area (Å²) >= 11 is 6.43. The second-order valence-electron chi connectivity index (χ2n) is 9.53. The summed E-state index contributed by atoms with van der Waals surface area (Å²) < 4.78 is 37.6. The largest absolute Gasteiger partial charge is 0.462 e. The number of alkyl carbamates (subject to hydrolysis) is 1. The summed E-state index contributed by atoms with van der Waals surface area (Å²) in [6.07, 6.45) is 1.74. The normalized spacial score (nSPS) is 15.8. The van der Waals surface area contributed by atoms with Crippen LogP contribution in [0.2, 0.25) is 5.02 Å². The molecule has 1 aromatic carbocycles. The average molecular weight is 506 g/mol. The van der Waals surface area contributed by atoms with E-state index in [0.717, 1.165) is 0 Å². The van der Waals surface area contributed by atoms with Crippen molar-refractivity contribution in [2.24, 2.45) is 0 Å². The van der Waals surface area contributed by atoms with Gasteiger partial charge in [-0.2, -0.15) is 0 Å². The van der Waals surface area contributed by atoms with Gasteiger partial charge in [0.1, 0.15) is 5.60 Å². The predicted molar refractivity (Wildman–Crippen MR) is 128 cm³/mol. The Hall–Kier alpha value is -3.20. The summed E-state index contributed by atoms with van der Waals surface area (Å²) in [6.45, 7) is 5.55. The van der Waals surface area contributed by atoms with Crippen molar-refractivity contribution in [1.29, 1.82) is 0 Å². The Kier molecular flexibility index (Phi) is 6.73. The van der Waals surface area contributed by atoms with E-state index in [0.29, 0.717) is 38.4 Å². The van der Waals surface area contributed by atoms with Gasteiger partial charge < -0.3 is 19.4 Å². The third-order valence-electron chi connectivity index (χ3n) is 5.62. The van der Waals surface area contributed by atoms with Crippen LogP contribution in [-0.2, 0) is 11.3 Å². The topological polar surface area (TPSA) is 84.7 Å². The van der Waals surface area contributed by atoms with E-state index in [-0.39, 0.29) is 38.4 Å². The number of furan rings is 1. The van der Waals surface area contributed by atoms with Gasteiger partial charge in [0.2, 0.25) is 0 Å². The third kappa shape index (κ3) is 5.90. The first-order valence-corrected chi connectivity index (χ1v) is 11.6. The first-order chi connectivity index (χ1) is 16.4. The Balaban J connectivity index is 1.51. The molecule has 1 N–H and O–H groups in total. The Bertz CT molecular complexity index is 1240. The molecule has 0 saturated carbocycles. The second kappa shape index (κ2) is 9.45. The Labute approximate surface area is 206 Å². The predicted octanol–water partition coefficient (Wildman–Crippen LogP) is 6.04. The van der Waals surface area contributed by atoms with E-state index in [2.05, 4.69) is 10.3 Å². The fraction of sp³-hybridized carbons (Fsp3) is 0.400. The van der Waals surface area contributed by atoms with Gasteiger partial charge in [0.05, 0.1) is 22.5 Å². The lowest BCUT2D eigenvalue weighted by Crippen LogP contribution is -2.42. The van der Waals surface area contributed by atoms with Crippen LogP contribution in [0.1, 0.15) is 49.5 Å². The lowest BCUT2D eigenvalue weighted by Gasteiger charge is -2.31. The van der Waals surface area contributed by atoms with Crippen LogP contribution in [-0.4, -0.2) is 46.5 Å². The maximum atomic E-state index is 13.4. The molecule has 1 aliphatic heterocycles. The Morgan fingerprint density at radius 2 is 1.94 bits per heavy atom. The van der Waals surface area contributed by atoms with Gasteiger partial charge in [-0.1, -0.05) is 11.6 Å². The van der Waals surface area contributed by atoms with Gasteiger partial charge in [0, 0.05) is 55.2 Å². The zero-order valence-electron chi connectivity index (χ0n) is 19.7. The van der Waals surface area contributed by atoms with Gasteiger partial charge in [-0.3, -0.25) is 9.78 Å². The number of carbonyl (C=O) groups excluding carboxylic acids is 2. The Morgan fingerprint density at radius 1 is 1.23 bits per heavy atom. The van der Waals surface area contributed by atoms with Gasteiger partial charge in [-0.05, 0) is 45.0 Å². The number of hydrogen-bond donors (Lipinski definition) is 1. The number of aromatic nitrogens is 1. The molecule has 0 bridgehead atoms. The number of halogens is 3. The molecule has 1 fully saturated rings. The highest BCUT2D eigenvalue weighted by molar-refractivity contribution is 6.35. The number of alkyl halides is 2. The molecule has 3 aromatic rings. The van der Waals surface area contributed by atoms with E-state index < -0.39 is 17.6 Å². The number of amides is 2. The van der Waals surface area contributed by atoms with Crippen molar-refractivity contribution in [3.05, 3.63) is 52.9 Å². The lowest BCUT2D eigenvalue weighted by molar-refractivity contribution is -0.0494. The summed E-state index contributed by atoms with van der Waals surface area (Å²) in [6, 6.07) is 6.85. The number of pyridine rings is 1. The van der Waals surface area contributed by atoms with E-state index in [1.807, 2.05) is 6.07 Å². The van der Waals surface area contributed by atoms with Crippen molar-refractivity contribution < 1.29 is 27.5 Å². The van der Waals surface area contributed by atoms with Crippen LogP contribution in [0.15, 0.2) is 41.1 Å². The molecule has 7 nitrogen and oxygen atoms in total. The van der Waals surface area contributed by atoms with Gasteiger partial charge in [-0.15, -0.1) is 0 Å². The minimum absolute atomic E-state index is 0.0143. The van der Waals surface area contributed by atoms with Crippen molar-refractivity contribution >= 4 is 34.6 Å². The van der Waals surface area contributed by atoms with Crippen LogP contribution >= 0.6 is 11.6 Å². The number of hydrogen-bond acceptors (Lipinski definition) is 5. The molecule has 35 heavy (non-hydrogen) atoms. The minimum Gasteiger partial charge on any atom is -0.462 e. The number of ether oxygens (including phenoxy) is 1. The van der Waals surface area contributed by atoms with E-state index >= 15 is 0 Å². The van der Waals surface area contributed by atoms with Crippen LogP contribution in [0.4, 0.5) is 13.6 Å². The third-order valence-corrected chi connectivity index (χ3v) is 5.90. The van der Waals surface area contributed by atoms with Gasteiger partial charge in [0.25, 0.3) is 11.8 Å². The summed E-state index contributed by atoms with van der Waals surface area (Å²) in [4.78, 5) is 30.5. The van der Waals surface area contributed by atoms with Crippen molar-refractivity contribution in [1.82, 2.24) is 15.2 Å². The minimum atomic E-state index is -2.72. The molecule has 186 valence electrons. The van der Waals surface area contributed by atoms with Crippen LogP contribution in [0.3, 0.4) is 0 Å². The molecule has 0 atom stereocenters. The van der Waals surface area contributed by atoms with E-state index in [4.69, 9.17) is 20.8 Å². The molecule has 2 amide bonds. The molecule has 10 heteroatoms. The fourth-order valence-corrected chi connectivity index (χ4v) is 4.09. The average Bonchev–Trinajstić information content (AvgIpc) is 3.20. The first kappa shape index (κ1) is 24.9. The number of fused-ring (bicyclic) bond motifs is 1. The Morgan fingerprint density at radius 3 is 2.57 bits per heavy atom. The molecule has 0 radical (unpaired) electrons. The zero-order chi connectivity index (χ0) is 25.4. The molecule has 0 spiro atoms. The van der Waals surface area contributed by atoms with Gasteiger partial charge in [-0.25, -0.2) is 13.6 Å². The van der Waals surface area contributed by atoms with E-state index in [9.17, 15) is 18.4 Å². The number of benzene rings is 1. The summed E-state index contributed by atoms with van der Waals surface area (Å²) in [5.74, 6) is -3.04. The highest BCUT2D eigenvalue weighted by Gasteiger charge is 2.35. The van der Waals surface area contributed by atoms with E-state index in [1.54, 1.807) is 39.0 Å². The maximum Gasteiger partial charge on any atom is 0.407 e. The molecule has 4 rings (SSSR count). The van der Waals surface area contributed by atoms with Crippen LogP contribution < -0.4 is 5.32 Å². The first-order valence-electron chi connectivity index (χ1n) is 11.2. The van der Waals surface area contributed by atoms with Crippen LogP contribution in [0.25, 0.3) is 22.2 Å². The SMILES string of the molecule is CC(C)(C)OC(=O)NCc1coc2c(Cl)cc(-c3ccc(C(=O)N4CCC(F)(F)CC4)cn3)cc12. The number of rotatable bonds is 4. The number of nitrogens with one attached hydrogen (secondary N) is 1. The van der Waals surface area contributed by atoms with Crippen LogP contribution in [0.5, 0.6) is 0 Å². The second-order valence-corrected chi connectivity index (χ2v) is 9.94. The molecule has 1 aliphatic rings. The zero-order valence-corrected chi connectivity index (χ0v) is 20.4.